The van der Waals surface area contributed by atoms with E-state index in [2.05, 4.69) is 20.1 Å². The van der Waals surface area contributed by atoms with Crippen LogP contribution in [0, 0.1) is 6.92 Å². The molecule has 15 heteroatoms. The van der Waals surface area contributed by atoms with Crippen molar-refractivity contribution in [3.63, 3.8) is 0 Å². The first-order valence-corrected chi connectivity index (χ1v) is 13.4. The lowest BCUT2D eigenvalue weighted by atomic mass is 9.93. The predicted molar refractivity (Wildman–Crippen MR) is 135 cm³/mol. The quantitative estimate of drug-likeness (QED) is 0.138. The van der Waals surface area contributed by atoms with E-state index in [0.717, 1.165) is 4.57 Å². The van der Waals surface area contributed by atoms with Crippen molar-refractivity contribution < 1.29 is 33.0 Å². The third-order valence-electron chi connectivity index (χ3n) is 5.67. The Morgan fingerprint density at radius 3 is 2.63 bits per heavy atom. The number of aromatic nitrogens is 2. The minimum atomic E-state index is -4.26. The normalized spacial score (nSPS) is 25.3. The second kappa shape index (κ2) is 12.1. The van der Waals surface area contributed by atoms with Crippen molar-refractivity contribution in [1.82, 2.24) is 14.6 Å². The molecule has 0 saturated carbocycles. The van der Waals surface area contributed by atoms with Gasteiger partial charge >= 0.3 is 19.4 Å². The van der Waals surface area contributed by atoms with Crippen LogP contribution in [0.2, 0.25) is 0 Å². The molecule has 1 aliphatic rings. The molecule has 38 heavy (non-hydrogen) atoms. The zero-order valence-electron chi connectivity index (χ0n) is 21.6. The fourth-order valence-corrected chi connectivity index (χ4v) is 5.27. The number of hydrogen-bond acceptors (Lipinski definition) is 10. The van der Waals surface area contributed by atoms with Gasteiger partial charge in [0.15, 0.2) is 6.23 Å². The van der Waals surface area contributed by atoms with Crippen LogP contribution >= 0.6 is 7.75 Å². The number of nitrogens with zero attached hydrogens (tertiary/aromatic N) is 5. The number of nitrogens with one attached hydrogen (secondary N) is 1. The van der Waals surface area contributed by atoms with Crippen molar-refractivity contribution in [2.24, 2.45) is 5.11 Å². The summed E-state index contributed by atoms with van der Waals surface area (Å²) in [5.41, 5.74) is 7.29. The average molecular weight is 551 g/mol. The Morgan fingerprint density at radius 2 is 2.03 bits per heavy atom. The molecule has 1 fully saturated rings. The van der Waals surface area contributed by atoms with Gasteiger partial charge in [0, 0.05) is 16.8 Å². The molecule has 206 valence electrons. The number of ether oxygens (including phenoxy) is 2. The van der Waals surface area contributed by atoms with Crippen LogP contribution in [0.5, 0.6) is 5.75 Å². The monoisotopic (exact) mass is 550 g/mol. The van der Waals surface area contributed by atoms with Crippen molar-refractivity contribution in [3.8, 4) is 5.75 Å². The first-order chi connectivity index (χ1) is 17.9. The molecule has 0 spiro atoms. The van der Waals surface area contributed by atoms with Gasteiger partial charge in [-0.05, 0) is 58.3 Å². The highest BCUT2D eigenvalue weighted by atomic mass is 31.2. The van der Waals surface area contributed by atoms with Gasteiger partial charge in [-0.25, -0.2) is 9.36 Å². The lowest BCUT2D eigenvalue weighted by molar-refractivity contribution is -0.149. The Bertz CT molecular complexity index is 1280. The first kappa shape index (κ1) is 29.3. The zero-order valence-corrected chi connectivity index (χ0v) is 22.5. The van der Waals surface area contributed by atoms with Crippen molar-refractivity contribution in [2.75, 3.05) is 6.61 Å². The maximum Gasteiger partial charge on any atom is 0.459 e. The minimum absolute atomic E-state index is 0.190. The second-order valence-electron chi connectivity index (χ2n) is 9.18. The summed E-state index contributed by atoms with van der Waals surface area (Å²) in [5, 5.41) is 17.3. The van der Waals surface area contributed by atoms with E-state index in [1.165, 1.54) is 20.0 Å². The highest BCUT2D eigenvalue weighted by Gasteiger charge is 2.55. The summed E-state index contributed by atoms with van der Waals surface area (Å²) in [4.78, 5) is 31.5. The van der Waals surface area contributed by atoms with Gasteiger partial charge in [0.1, 0.15) is 23.4 Å². The van der Waals surface area contributed by atoms with E-state index in [1.807, 2.05) is 0 Å². The number of aliphatic hydroxyl groups is 1. The molecule has 0 amide bonds. The Kier molecular flexibility index (Phi) is 9.31. The molecule has 1 aromatic heterocycles. The molecule has 0 aliphatic carbocycles. The van der Waals surface area contributed by atoms with Gasteiger partial charge in [-0.3, -0.25) is 13.9 Å². The van der Waals surface area contributed by atoms with Crippen LogP contribution in [0.4, 0.5) is 0 Å². The van der Waals surface area contributed by atoms with Gasteiger partial charge in [-0.1, -0.05) is 23.3 Å². The molecule has 0 bridgehead atoms. The largest absolute Gasteiger partial charge is 0.462 e. The molecule has 6 atom stereocenters. The lowest BCUT2D eigenvalue weighted by Crippen LogP contribution is -2.45. The number of rotatable bonds is 11. The summed E-state index contributed by atoms with van der Waals surface area (Å²) in [5.74, 6) is -0.491. The maximum absolute atomic E-state index is 13.7. The molecule has 1 saturated heterocycles. The number of benzene rings is 1. The van der Waals surface area contributed by atoms with Crippen molar-refractivity contribution >= 4 is 13.7 Å². The number of carbonyl (C=O) groups excluding carboxylic acids is 1. The van der Waals surface area contributed by atoms with Gasteiger partial charge in [-0.2, -0.15) is 10.1 Å². The molecule has 1 aliphatic heterocycles. The standard InChI is InChI=1S/C23H31N6O8P/c1-14(2)35-20(31)16(4)26-38(33,37-17-9-7-6-8-10-17)34-13-18-19(30)23(5,27-28-24)21(36-18)29-12-11-15(3)25-22(29)32/h6-12,14,16,18-19,21,30H,13H2,1-5H3,(H,26,33)/t16-,18-,19-,21-,23-,38?/m1/s1. The molecular weight excluding hydrogens is 519 g/mol. The number of carbonyl (C=O) groups is 1. The van der Waals surface area contributed by atoms with Crippen LogP contribution in [0.1, 0.15) is 39.6 Å². The van der Waals surface area contributed by atoms with Crippen LogP contribution in [0.25, 0.3) is 10.4 Å². The van der Waals surface area contributed by atoms with Crippen molar-refractivity contribution in [1.29, 1.82) is 0 Å². The topological polar surface area (TPSA) is 187 Å². The molecule has 0 radical (unpaired) electrons. The van der Waals surface area contributed by atoms with Crippen LogP contribution in [0.15, 0.2) is 52.5 Å². The van der Waals surface area contributed by atoms with Crippen LogP contribution < -0.4 is 15.3 Å². The predicted octanol–water partition coefficient (Wildman–Crippen LogP) is 3.01. The highest BCUT2D eigenvalue weighted by molar-refractivity contribution is 7.52. The van der Waals surface area contributed by atoms with Gasteiger partial charge in [0.2, 0.25) is 0 Å². The van der Waals surface area contributed by atoms with Gasteiger partial charge < -0.3 is 19.1 Å². The van der Waals surface area contributed by atoms with E-state index in [9.17, 15) is 19.3 Å². The summed E-state index contributed by atoms with van der Waals surface area (Å²) < 4.78 is 37.1. The first-order valence-electron chi connectivity index (χ1n) is 11.8. The van der Waals surface area contributed by atoms with Gasteiger partial charge in [0.05, 0.1) is 18.8 Å². The number of aliphatic hydroxyl groups excluding tert-OH is 1. The van der Waals surface area contributed by atoms with Crippen molar-refractivity contribution in [2.45, 2.75) is 70.7 Å². The Labute approximate surface area is 219 Å². The summed E-state index contributed by atoms with van der Waals surface area (Å²) >= 11 is 0. The fourth-order valence-electron chi connectivity index (χ4n) is 3.76. The molecule has 14 nitrogen and oxygen atoms in total. The average Bonchev–Trinajstić information content (AvgIpc) is 3.08. The summed E-state index contributed by atoms with van der Waals surface area (Å²) in [7, 11) is -4.26. The van der Waals surface area contributed by atoms with Crippen LogP contribution in [0.3, 0.4) is 0 Å². The summed E-state index contributed by atoms with van der Waals surface area (Å²) in [6, 6.07) is 8.60. The highest BCUT2D eigenvalue weighted by Crippen LogP contribution is 2.47. The number of azide groups is 1. The van der Waals surface area contributed by atoms with E-state index < -0.39 is 62.1 Å². The third-order valence-corrected chi connectivity index (χ3v) is 7.32. The number of para-hydroxylation sites is 1. The molecule has 3 rings (SSSR count). The van der Waals surface area contributed by atoms with Crippen molar-refractivity contribution in [3.05, 3.63) is 69.2 Å². The maximum atomic E-state index is 13.7. The smallest absolute Gasteiger partial charge is 0.459 e. The Balaban J connectivity index is 1.86. The number of aryl methyl sites for hydroxylation is 1. The Morgan fingerprint density at radius 1 is 1.34 bits per heavy atom. The molecule has 2 N–H and O–H groups in total. The van der Waals surface area contributed by atoms with E-state index in [1.54, 1.807) is 57.2 Å². The third kappa shape index (κ3) is 6.79. The number of esters is 1. The zero-order chi connectivity index (χ0) is 28.1. The second-order valence-corrected chi connectivity index (χ2v) is 10.9. The summed E-state index contributed by atoms with van der Waals surface area (Å²) in [6.07, 6.45) is -2.94. The van der Waals surface area contributed by atoms with Gasteiger partial charge in [-0.15, -0.1) is 0 Å². The van der Waals surface area contributed by atoms with Gasteiger partial charge in [0.25, 0.3) is 0 Å². The van der Waals surface area contributed by atoms with Crippen LogP contribution in [-0.2, 0) is 23.4 Å². The minimum Gasteiger partial charge on any atom is -0.462 e. The van der Waals surface area contributed by atoms with E-state index in [-0.39, 0.29) is 5.75 Å². The molecule has 2 aromatic rings. The molecule has 1 unspecified atom stereocenters. The number of hydrogen-bond donors (Lipinski definition) is 2. The molecule has 1 aromatic carbocycles. The molecule has 2 heterocycles. The Hall–Kier alpha value is -3.25. The van der Waals surface area contributed by atoms with Crippen LogP contribution in [-0.4, -0.2) is 57.1 Å². The lowest BCUT2D eigenvalue weighted by Gasteiger charge is -2.28. The fraction of sp³-hybridized carbons (Fsp3) is 0.522. The summed E-state index contributed by atoms with van der Waals surface area (Å²) in [6.45, 7) is 7.30. The molecular formula is C23H31N6O8P. The van der Waals surface area contributed by atoms with E-state index in [4.69, 9.17) is 24.1 Å². The van der Waals surface area contributed by atoms with E-state index >= 15 is 0 Å². The SMILES string of the molecule is Cc1ccn([C@@H]2O[C@H](COP(=O)(N[C@H](C)C(=O)OC(C)C)Oc3ccccc3)[C@@H](O)[C@@]2(C)N=[N+]=[N-])c(=O)n1. The van der Waals surface area contributed by atoms with E-state index in [0.29, 0.717) is 5.69 Å².